The van der Waals surface area contributed by atoms with Crippen LogP contribution in [0.15, 0.2) is 24.9 Å². The number of aliphatic hydroxyl groups excluding tert-OH is 1. The lowest BCUT2D eigenvalue weighted by Gasteiger charge is -2.17. The molecule has 1 N–H and O–H groups in total. The summed E-state index contributed by atoms with van der Waals surface area (Å²) < 4.78 is 4.83. The number of aliphatic hydroxyl groups is 1. The van der Waals surface area contributed by atoms with Gasteiger partial charge in [0.15, 0.2) is 0 Å². The Labute approximate surface area is 124 Å². The van der Waals surface area contributed by atoms with E-state index in [0.717, 1.165) is 12.2 Å². The van der Waals surface area contributed by atoms with Gasteiger partial charge < -0.3 is 9.84 Å². The van der Waals surface area contributed by atoms with Gasteiger partial charge in [0.05, 0.1) is 11.0 Å². The van der Waals surface area contributed by atoms with Crippen molar-refractivity contribution in [3.63, 3.8) is 0 Å². The van der Waals surface area contributed by atoms with Gasteiger partial charge in [-0.25, -0.2) is 4.79 Å². The van der Waals surface area contributed by atoms with Crippen LogP contribution in [0, 0.1) is 10.1 Å². The summed E-state index contributed by atoms with van der Waals surface area (Å²) in [5.74, 6) is -0.488. The van der Waals surface area contributed by atoms with E-state index in [1.807, 2.05) is 20.8 Å². The van der Waals surface area contributed by atoms with Gasteiger partial charge in [0.25, 0.3) is 0 Å². The first kappa shape index (κ1) is 21.3. The fourth-order valence-corrected chi connectivity index (χ4v) is 0.959. The second kappa shape index (κ2) is 10.7. The lowest BCUT2D eigenvalue weighted by atomic mass is 10.1. The molecule has 0 saturated carbocycles. The summed E-state index contributed by atoms with van der Waals surface area (Å²) in [4.78, 5) is 30.3. The van der Waals surface area contributed by atoms with Crippen LogP contribution in [0.5, 0.6) is 0 Å². The SMILES string of the molecule is C=CC(=O)OC(C)(C)C.CCC(=O)C[C@H](O)C=C[N+](=O)[O-]. The number of hydrogen-bond donors (Lipinski definition) is 1. The molecule has 0 spiro atoms. The van der Waals surface area contributed by atoms with E-state index in [0.29, 0.717) is 12.6 Å². The first-order valence-electron chi connectivity index (χ1n) is 6.38. The number of ether oxygens (including phenoxy) is 1. The van der Waals surface area contributed by atoms with Gasteiger partial charge in [0, 0.05) is 25.0 Å². The van der Waals surface area contributed by atoms with Crippen LogP contribution in [-0.2, 0) is 14.3 Å². The molecule has 0 aliphatic carbocycles. The summed E-state index contributed by atoms with van der Waals surface area (Å²) in [6.45, 7) is 10.4. The van der Waals surface area contributed by atoms with Crippen molar-refractivity contribution in [1.29, 1.82) is 0 Å². The highest BCUT2D eigenvalue weighted by Gasteiger charge is 2.12. The van der Waals surface area contributed by atoms with Crippen molar-refractivity contribution in [2.75, 3.05) is 0 Å². The van der Waals surface area contributed by atoms with Gasteiger partial charge in [-0.05, 0) is 20.8 Å². The first-order chi connectivity index (χ1) is 9.51. The van der Waals surface area contributed by atoms with Crippen molar-refractivity contribution >= 4 is 11.8 Å². The largest absolute Gasteiger partial charge is 0.457 e. The molecule has 7 heteroatoms. The molecular formula is C14H23NO6. The Morgan fingerprint density at radius 2 is 1.95 bits per heavy atom. The minimum absolute atomic E-state index is 0.0547. The Balaban J connectivity index is 0. The number of nitro groups is 1. The van der Waals surface area contributed by atoms with E-state index in [4.69, 9.17) is 9.84 Å². The predicted octanol–water partition coefficient (Wildman–Crippen LogP) is 2.02. The van der Waals surface area contributed by atoms with Crippen LogP contribution in [0.3, 0.4) is 0 Å². The number of hydrogen-bond acceptors (Lipinski definition) is 6. The van der Waals surface area contributed by atoms with E-state index in [2.05, 4.69) is 6.58 Å². The summed E-state index contributed by atoms with van der Waals surface area (Å²) in [6, 6.07) is 0. The molecule has 0 saturated heterocycles. The summed E-state index contributed by atoms with van der Waals surface area (Å²) in [5, 5.41) is 18.8. The van der Waals surface area contributed by atoms with Gasteiger partial charge in [0.2, 0.25) is 6.20 Å². The van der Waals surface area contributed by atoms with Crippen molar-refractivity contribution in [2.45, 2.75) is 52.2 Å². The average Bonchev–Trinajstić information content (AvgIpc) is 2.34. The van der Waals surface area contributed by atoms with Crippen LogP contribution in [0.2, 0.25) is 0 Å². The number of Topliss-reactive ketones (excluding diaryl/α,β-unsaturated/α-hetero) is 1. The van der Waals surface area contributed by atoms with Crippen molar-refractivity contribution in [3.8, 4) is 0 Å². The molecule has 0 bridgehead atoms. The minimum Gasteiger partial charge on any atom is -0.457 e. The zero-order valence-electron chi connectivity index (χ0n) is 12.9. The molecule has 0 aromatic rings. The number of carbonyl (C=O) groups is 2. The molecule has 0 aromatic carbocycles. The minimum atomic E-state index is -1.04. The highest BCUT2D eigenvalue weighted by molar-refractivity contribution is 5.81. The fraction of sp³-hybridized carbons (Fsp3) is 0.571. The van der Waals surface area contributed by atoms with Gasteiger partial charge in [-0.2, -0.15) is 0 Å². The van der Waals surface area contributed by atoms with E-state index in [1.165, 1.54) is 0 Å². The molecule has 7 nitrogen and oxygen atoms in total. The van der Waals surface area contributed by atoms with Crippen molar-refractivity contribution in [2.24, 2.45) is 0 Å². The standard InChI is InChI=1S/C7H11NO4.C7H12O2/c1-2-6(9)5-7(10)3-4-8(11)12;1-5-6(8)9-7(2,3)4/h3-4,7,10H,2,5H2,1H3;5H,1H2,2-4H3/t7-;/m1./s1. The number of rotatable bonds is 6. The van der Waals surface area contributed by atoms with Crippen LogP contribution in [0.4, 0.5) is 0 Å². The lowest BCUT2D eigenvalue weighted by Crippen LogP contribution is -2.22. The zero-order chi connectivity index (χ0) is 17.1. The molecular weight excluding hydrogens is 278 g/mol. The smallest absolute Gasteiger partial charge is 0.330 e. The summed E-state index contributed by atoms with van der Waals surface area (Å²) in [6.07, 6.45) is 2.03. The third kappa shape index (κ3) is 18.0. The van der Waals surface area contributed by atoms with Gasteiger partial charge in [-0.1, -0.05) is 13.5 Å². The first-order valence-corrected chi connectivity index (χ1v) is 6.38. The Hall–Kier alpha value is -2.02. The molecule has 0 fully saturated rings. The zero-order valence-corrected chi connectivity index (χ0v) is 12.9. The molecule has 0 rings (SSSR count). The van der Waals surface area contributed by atoms with E-state index in [9.17, 15) is 19.7 Å². The molecule has 21 heavy (non-hydrogen) atoms. The summed E-state index contributed by atoms with van der Waals surface area (Å²) in [5.41, 5.74) is -0.398. The van der Waals surface area contributed by atoms with Crippen LogP contribution >= 0.6 is 0 Å². The van der Waals surface area contributed by atoms with Crippen molar-refractivity contribution in [1.82, 2.24) is 0 Å². The normalized spacial score (nSPS) is 12.0. The van der Waals surface area contributed by atoms with Gasteiger partial charge in [-0.3, -0.25) is 14.9 Å². The van der Waals surface area contributed by atoms with Gasteiger partial charge in [0.1, 0.15) is 11.4 Å². The molecule has 0 unspecified atom stereocenters. The highest BCUT2D eigenvalue weighted by atomic mass is 16.6. The molecule has 0 aliphatic heterocycles. The average molecular weight is 301 g/mol. The molecule has 0 aliphatic rings. The topological polar surface area (TPSA) is 107 Å². The van der Waals surface area contributed by atoms with Crippen LogP contribution < -0.4 is 0 Å². The molecule has 0 amide bonds. The third-order valence-corrected chi connectivity index (χ3v) is 1.83. The molecule has 0 radical (unpaired) electrons. The molecule has 120 valence electrons. The Morgan fingerprint density at radius 1 is 1.43 bits per heavy atom. The number of nitrogens with zero attached hydrogens (tertiary/aromatic N) is 1. The van der Waals surface area contributed by atoms with Crippen molar-refractivity contribution < 1.29 is 24.4 Å². The quantitative estimate of drug-likeness (QED) is 0.348. The maximum absolute atomic E-state index is 10.7. The predicted molar refractivity (Wildman–Crippen MR) is 78.1 cm³/mol. The van der Waals surface area contributed by atoms with E-state index in [-0.39, 0.29) is 18.2 Å². The Kier molecular flexibility index (Phi) is 10.9. The summed E-state index contributed by atoms with van der Waals surface area (Å²) in [7, 11) is 0. The van der Waals surface area contributed by atoms with Crippen LogP contribution in [0.25, 0.3) is 0 Å². The van der Waals surface area contributed by atoms with Crippen molar-refractivity contribution in [3.05, 3.63) is 35.0 Å². The molecule has 0 heterocycles. The maximum Gasteiger partial charge on any atom is 0.330 e. The fourth-order valence-electron chi connectivity index (χ4n) is 0.959. The monoisotopic (exact) mass is 301 g/mol. The Bertz CT molecular complexity index is 395. The number of ketones is 1. The highest BCUT2D eigenvalue weighted by Crippen LogP contribution is 2.06. The second-order valence-electron chi connectivity index (χ2n) is 5.03. The third-order valence-electron chi connectivity index (χ3n) is 1.83. The van der Waals surface area contributed by atoms with Crippen LogP contribution in [-0.4, -0.2) is 33.5 Å². The van der Waals surface area contributed by atoms with E-state index < -0.39 is 16.6 Å². The number of carbonyl (C=O) groups excluding carboxylic acids is 2. The van der Waals surface area contributed by atoms with E-state index >= 15 is 0 Å². The number of esters is 1. The lowest BCUT2D eigenvalue weighted by molar-refractivity contribution is -0.402. The Morgan fingerprint density at radius 3 is 2.24 bits per heavy atom. The van der Waals surface area contributed by atoms with Gasteiger partial charge >= 0.3 is 5.97 Å². The van der Waals surface area contributed by atoms with E-state index in [1.54, 1.807) is 6.92 Å². The molecule has 1 atom stereocenters. The molecule has 0 aromatic heterocycles. The van der Waals surface area contributed by atoms with Gasteiger partial charge in [-0.15, -0.1) is 0 Å². The maximum atomic E-state index is 10.7. The summed E-state index contributed by atoms with van der Waals surface area (Å²) >= 11 is 0. The van der Waals surface area contributed by atoms with Crippen LogP contribution in [0.1, 0.15) is 40.5 Å². The second-order valence-corrected chi connectivity index (χ2v) is 5.03.